The summed E-state index contributed by atoms with van der Waals surface area (Å²) in [5.41, 5.74) is 2.13. The van der Waals surface area contributed by atoms with Gasteiger partial charge in [0.25, 0.3) is 0 Å². The Balaban J connectivity index is 1.77. The fourth-order valence-corrected chi connectivity index (χ4v) is 3.46. The second kappa shape index (κ2) is 7.70. The number of hydrogen-bond acceptors (Lipinski definition) is 2. The highest BCUT2D eigenvalue weighted by Crippen LogP contribution is 2.31. The van der Waals surface area contributed by atoms with E-state index in [1.54, 1.807) is 4.90 Å². The van der Waals surface area contributed by atoms with Gasteiger partial charge in [0.15, 0.2) is 0 Å². The van der Waals surface area contributed by atoms with Crippen LogP contribution in [0.5, 0.6) is 0 Å². The third-order valence-electron chi connectivity index (χ3n) is 4.91. The first-order valence-corrected chi connectivity index (χ1v) is 8.94. The van der Waals surface area contributed by atoms with Crippen molar-refractivity contribution < 1.29 is 9.90 Å². The van der Waals surface area contributed by atoms with Crippen LogP contribution in [0.2, 0.25) is 0 Å². The second-order valence-electron chi connectivity index (χ2n) is 7.02. The summed E-state index contributed by atoms with van der Waals surface area (Å²) < 4.78 is 0. The first-order valence-electron chi connectivity index (χ1n) is 8.94. The number of para-hydroxylation sites is 1. The molecule has 2 amide bonds. The summed E-state index contributed by atoms with van der Waals surface area (Å²) in [5.74, 6) is 0. The molecular weight excluding hydrogens is 312 g/mol. The van der Waals surface area contributed by atoms with Gasteiger partial charge >= 0.3 is 6.03 Å². The zero-order chi connectivity index (χ0) is 17.7. The number of carbonyl (C=O) groups is 1. The largest absolute Gasteiger partial charge is 0.388 e. The molecule has 25 heavy (non-hydrogen) atoms. The van der Waals surface area contributed by atoms with E-state index in [4.69, 9.17) is 0 Å². The molecule has 1 fully saturated rings. The lowest BCUT2D eigenvalue weighted by Gasteiger charge is -2.31. The third kappa shape index (κ3) is 4.60. The molecule has 0 unspecified atom stereocenters. The number of anilines is 1. The summed E-state index contributed by atoms with van der Waals surface area (Å²) in [7, 11) is 0. The Labute approximate surface area is 149 Å². The Bertz CT molecular complexity index is 709. The Morgan fingerprint density at radius 3 is 2.40 bits per heavy atom. The molecule has 132 valence electrons. The number of urea groups is 1. The SMILES string of the molecule is Cc1ccccc1NC(=O)N(Cc1ccccc1)CC1(O)CCCC1. The van der Waals surface area contributed by atoms with Gasteiger partial charge in [-0.05, 0) is 37.0 Å². The molecule has 1 saturated carbocycles. The number of carbonyl (C=O) groups excluding carboxylic acids is 1. The maximum Gasteiger partial charge on any atom is 0.322 e. The molecule has 1 aliphatic carbocycles. The first-order chi connectivity index (χ1) is 12.1. The molecular formula is C21H26N2O2. The van der Waals surface area contributed by atoms with Gasteiger partial charge in [0.05, 0.1) is 12.1 Å². The molecule has 0 saturated heterocycles. The fourth-order valence-electron chi connectivity index (χ4n) is 3.46. The summed E-state index contributed by atoms with van der Waals surface area (Å²) in [4.78, 5) is 14.6. The van der Waals surface area contributed by atoms with Crippen LogP contribution in [0.4, 0.5) is 10.5 Å². The van der Waals surface area contributed by atoms with E-state index in [2.05, 4.69) is 5.32 Å². The number of aliphatic hydroxyl groups is 1. The molecule has 2 N–H and O–H groups in total. The van der Waals surface area contributed by atoms with Crippen molar-refractivity contribution in [2.75, 3.05) is 11.9 Å². The summed E-state index contributed by atoms with van der Waals surface area (Å²) in [6.45, 7) is 2.82. The molecule has 0 aromatic heterocycles. The van der Waals surface area contributed by atoms with E-state index < -0.39 is 5.60 Å². The number of rotatable bonds is 5. The topological polar surface area (TPSA) is 52.6 Å². The van der Waals surface area contributed by atoms with E-state index in [0.29, 0.717) is 13.1 Å². The van der Waals surface area contributed by atoms with Crippen molar-refractivity contribution >= 4 is 11.7 Å². The summed E-state index contributed by atoms with van der Waals surface area (Å²) >= 11 is 0. The van der Waals surface area contributed by atoms with Crippen LogP contribution in [0.1, 0.15) is 36.8 Å². The minimum absolute atomic E-state index is 0.168. The minimum atomic E-state index is -0.766. The predicted octanol–water partition coefficient (Wildman–Crippen LogP) is 4.33. The molecule has 0 bridgehead atoms. The Hall–Kier alpha value is -2.33. The van der Waals surface area contributed by atoms with Crippen molar-refractivity contribution in [2.45, 2.75) is 44.8 Å². The maximum atomic E-state index is 12.9. The van der Waals surface area contributed by atoms with E-state index in [-0.39, 0.29) is 6.03 Å². The third-order valence-corrected chi connectivity index (χ3v) is 4.91. The van der Waals surface area contributed by atoms with Crippen LogP contribution in [0.15, 0.2) is 54.6 Å². The standard InChI is InChI=1S/C21H26N2O2/c1-17-9-5-6-12-19(17)22-20(24)23(15-18-10-3-2-4-11-18)16-21(25)13-7-8-14-21/h2-6,9-12,25H,7-8,13-16H2,1H3,(H,22,24). The van der Waals surface area contributed by atoms with Gasteiger partial charge < -0.3 is 15.3 Å². The molecule has 4 heteroatoms. The normalized spacial score (nSPS) is 15.8. The second-order valence-corrected chi connectivity index (χ2v) is 7.02. The van der Waals surface area contributed by atoms with Gasteiger partial charge in [0.1, 0.15) is 0 Å². The molecule has 2 aromatic rings. The molecule has 0 radical (unpaired) electrons. The van der Waals surface area contributed by atoms with Crippen molar-refractivity contribution in [3.8, 4) is 0 Å². The summed E-state index contributed by atoms with van der Waals surface area (Å²) in [6, 6.07) is 17.5. The average molecular weight is 338 g/mol. The van der Waals surface area contributed by atoms with E-state index in [1.165, 1.54) is 0 Å². The van der Waals surface area contributed by atoms with Gasteiger partial charge in [0, 0.05) is 12.2 Å². The smallest absolute Gasteiger partial charge is 0.322 e. The molecule has 0 heterocycles. The highest BCUT2D eigenvalue weighted by atomic mass is 16.3. The van der Waals surface area contributed by atoms with Crippen LogP contribution in [-0.4, -0.2) is 28.2 Å². The molecule has 3 rings (SSSR count). The van der Waals surface area contributed by atoms with E-state index >= 15 is 0 Å². The van der Waals surface area contributed by atoms with Gasteiger partial charge in [-0.15, -0.1) is 0 Å². The lowest BCUT2D eigenvalue weighted by atomic mass is 10.0. The number of amides is 2. The Morgan fingerprint density at radius 2 is 1.72 bits per heavy atom. The van der Waals surface area contributed by atoms with Crippen LogP contribution < -0.4 is 5.32 Å². The minimum Gasteiger partial charge on any atom is -0.388 e. The Kier molecular flexibility index (Phi) is 5.39. The first kappa shape index (κ1) is 17.5. The number of hydrogen-bond donors (Lipinski definition) is 2. The average Bonchev–Trinajstić information content (AvgIpc) is 3.03. The van der Waals surface area contributed by atoms with Crippen LogP contribution in [-0.2, 0) is 6.54 Å². The van der Waals surface area contributed by atoms with E-state index in [9.17, 15) is 9.90 Å². The molecule has 1 aliphatic rings. The zero-order valence-corrected chi connectivity index (χ0v) is 14.7. The molecule has 0 spiro atoms. The van der Waals surface area contributed by atoms with Crippen LogP contribution in [0.3, 0.4) is 0 Å². The molecule has 4 nitrogen and oxygen atoms in total. The van der Waals surface area contributed by atoms with Gasteiger partial charge in [-0.1, -0.05) is 61.4 Å². The monoisotopic (exact) mass is 338 g/mol. The quantitative estimate of drug-likeness (QED) is 0.852. The Morgan fingerprint density at radius 1 is 1.08 bits per heavy atom. The van der Waals surface area contributed by atoms with Gasteiger partial charge in [-0.2, -0.15) is 0 Å². The molecule has 2 aromatic carbocycles. The number of nitrogens with one attached hydrogen (secondary N) is 1. The number of benzene rings is 2. The van der Waals surface area contributed by atoms with Crippen molar-refractivity contribution in [3.05, 3.63) is 65.7 Å². The van der Waals surface area contributed by atoms with Crippen LogP contribution in [0.25, 0.3) is 0 Å². The number of aryl methyl sites for hydroxylation is 1. The number of nitrogens with zero attached hydrogens (tertiary/aromatic N) is 1. The summed E-state index contributed by atoms with van der Waals surface area (Å²) in [6.07, 6.45) is 3.57. The molecule has 0 atom stereocenters. The highest BCUT2D eigenvalue weighted by molar-refractivity contribution is 5.90. The van der Waals surface area contributed by atoms with Crippen molar-refractivity contribution in [3.63, 3.8) is 0 Å². The van der Waals surface area contributed by atoms with Gasteiger partial charge in [0.2, 0.25) is 0 Å². The van der Waals surface area contributed by atoms with E-state index in [0.717, 1.165) is 42.5 Å². The van der Waals surface area contributed by atoms with Gasteiger partial charge in [-0.25, -0.2) is 4.79 Å². The van der Waals surface area contributed by atoms with Crippen molar-refractivity contribution in [1.82, 2.24) is 4.90 Å². The summed E-state index contributed by atoms with van der Waals surface area (Å²) in [5, 5.41) is 13.8. The van der Waals surface area contributed by atoms with Crippen LogP contribution in [0, 0.1) is 6.92 Å². The predicted molar refractivity (Wildman–Crippen MR) is 100 cm³/mol. The lowest BCUT2D eigenvalue weighted by Crippen LogP contribution is -2.45. The maximum absolute atomic E-state index is 12.9. The zero-order valence-electron chi connectivity index (χ0n) is 14.7. The van der Waals surface area contributed by atoms with E-state index in [1.807, 2.05) is 61.5 Å². The molecule has 0 aliphatic heterocycles. The highest BCUT2D eigenvalue weighted by Gasteiger charge is 2.34. The van der Waals surface area contributed by atoms with Gasteiger partial charge in [-0.3, -0.25) is 0 Å². The fraction of sp³-hybridized carbons (Fsp3) is 0.381. The van der Waals surface area contributed by atoms with Crippen LogP contribution >= 0.6 is 0 Å². The van der Waals surface area contributed by atoms with Crippen molar-refractivity contribution in [2.24, 2.45) is 0 Å². The lowest BCUT2D eigenvalue weighted by molar-refractivity contribution is 0.0192. The van der Waals surface area contributed by atoms with Crippen molar-refractivity contribution in [1.29, 1.82) is 0 Å².